The fraction of sp³-hybridized carbons (Fsp3) is 0.600. The second-order valence-electron chi connectivity index (χ2n) is 8.02. The van der Waals surface area contributed by atoms with Gasteiger partial charge < -0.3 is 4.74 Å². The SMILES string of the molecule is Cc1cccc(CC2=CC3CCCC(C2)N3C(=O)OC(C)(C)C)n1. The number of aryl methyl sites for hydroxylation is 1. The molecule has 1 fully saturated rings. The average Bonchev–Trinajstić information content (AvgIpc) is 2.44. The average molecular weight is 328 g/mol. The Morgan fingerprint density at radius 2 is 2.12 bits per heavy atom. The zero-order valence-electron chi connectivity index (χ0n) is 15.2. The standard InChI is InChI=1S/C20H28N2O2/c1-14-7-5-8-16(21-14)11-15-12-17-9-6-10-18(13-15)22(17)19(23)24-20(2,3)4/h5,7-8,12,17-18H,6,9-11,13H2,1-4H3. The lowest BCUT2D eigenvalue weighted by Crippen LogP contribution is -2.53. The van der Waals surface area contributed by atoms with Crippen molar-refractivity contribution < 1.29 is 9.53 Å². The summed E-state index contributed by atoms with van der Waals surface area (Å²) in [6, 6.07) is 6.62. The summed E-state index contributed by atoms with van der Waals surface area (Å²) in [6.07, 6.45) is 7.21. The van der Waals surface area contributed by atoms with Gasteiger partial charge in [0.1, 0.15) is 5.60 Å². The quantitative estimate of drug-likeness (QED) is 0.755. The summed E-state index contributed by atoms with van der Waals surface area (Å²) >= 11 is 0. The zero-order chi connectivity index (χ0) is 17.3. The summed E-state index contributed by atoms with van der Waals surface area (Å²) in [4.78, 5) is 19.2. The Morgan fingerprint density at radius 3 is 2.79 bits per heavy atom. The van der Waals surface area contributed by atoms with E-state index in [0.717, 1.165) is 37.1 Å². The number of pyridine rings is 1. The summed E-state index contributed by atoms with van der Waals surface area (Å²) in [5.74, 6) is 0. The highest BCUT2D eigenvalue weighted by molar-refractivity contribution is 5.70. The van der Waals surface area contributed by atoms with Crippen LogP contribution < -0.4 is 0 Å². The van der Waals surface area contributed by atoms with Crippen molar-refractivity contribution in [3.05, 3.63) is 41.2 Å². The van der Waals surface area contributed by atoms with Crippen molar-refractivity contribution in [1.82, 2.24) is 9.88 Å². The maximum absolute atomic E-state index is 12.6. The molecule has 0 radical (unpaired) electrons. The molecule has 0 spiro atoms. The number of piperidine rings is 1. The zero-order valence-corrected chi connectivity index (χ0v) is 15.2. The predicted molar refractivity (Wildman–Crippen MR) is 94.9 cm³/mol. The van der Waals surface area contributed by atoms with Gasteiger partial charge in [0.05, 0.1) is 6.04 Å². The van der Waals surface area contributed by atoms with Crippen LogP contribution in [-0.4, -0.2) is 33.7 Å². The van der Waals surface area contributed by atoms with Crippen molar-refractivity contribution in [3.8, 4) is 0 Å². The molecule has 2 unspecified atom stereocenters. The molecule has 3 rings (SSSR count). The third-order valence-corrected chi connectivity index (χ3v) is 4.67. The molecule has 1 aromatic heterocycles. The van der Waals surface area contributed by atoms with Gasteiger partial charge in [0.15, 0.2) is 0 Å². The number of hydrogen-bond donors (Lipinski definition) is 0. The van der Waals surface area contributed by atoms with E-state index in [2.05, 4.69) is 23.2 Å². The highest BCUT2D eigenvalue weighted by Crippen LogP contribution is 2.35. The molecule has 2 aliphatic rings. The van der Waals surface area contributed by atoms with E-state index in [4.69, 9.17) is 4.74 Å². The maximum atomic E-state index is 12.6. The second kappa shape index (κ2) is 6.58. The minimum atomic E-state index is -0.444. The molecule has 0 aliphatic carbocycles. The van der Waals surface area contributed by atoms with E-state index in [-0.39, 0.29) is 18.2 Å². The van der Waals surface area contributed by atoms with Gasteiger partial charge in [0.25, 0.3) is 0 Å². The molecule has 2 aliphatic heterocycles. The van der Waals surface area contributed by atoms with Gasteiger partial charge in [-0.25, -0.2) is 4.79 Å². The fourth-order valence-corrected chi connectivity index (χ4v) is 3.78. The lowest BCUT2D eigenvalue weighted by atomic mass is 9.84. The van der Waals surface area contributed by atoms with Crippen LogP contribution in [-0.2, 0) is 11.2 Å². The Morgan fingerprint density at radius 1 is 1.33 bits per heavy atom. The van der Waals surface area contributed by atoms with Gasteiger partial charge in [0, 0.05) is 23.9 Å². The van der Waals surface area contributed by atoms with Crippen LogP contribution in [0.15, 0.2) is 29.8 Å². The van der Waals surface area contributed by atoms with Gasteiger partial charge in [-0.3, -0.25) is 9.88 Å². The molecule has 0 aromatic carbocycles. The fourth-order valence-electron chi connectivity index (χ4n) is 3.78. The minimum Gasteiger partial charge on any atom is -0.444 e. The molecular weight excluding hydrogens is 300 g/mol. The van der Waals surface area contributed by atoms with Crippen LogP contribution in [0.5, 0.6) is 0 Å². The number of rotatable bonds is 2. The molecule has 1 aromatic rings. The van der Waals surface area contributed by atoms with E-state index in [1.807, 2.05) is 38.7 Å². The van der Waals surface area contributed by atoms with Crippen LogP contribution in [0.25, 0.3) is 0 Å². The highest BCUT2D eigenvalue weighted by atomic mass is 16.6. The van der Waals surface area contributed by atoms with Crippen molar-refractivity contribution >= 4 is 6.09 Å². The third kappa shape index (κ3) is 3.97. The molecule has 130 valence electrons. The Balaban J connectivity index is 1.76. The molecule has 0 saturated carbocycles. The Kier molecular flexibility index (Phi) is 4.66. The van der Waals surface area contributed by atoms with Gasteiger partial charge in [-0.05, 0) is 65.5 Å². The van der Waals surface area contributed by atoms with E-state index < -0.39 is 5.60 Å². The number of aromatic nitrogens is 1. The van der Waals surface area contributed by atoms with Crippen LogP contribution in [0.4, 0.5) is 4.79 Å². The molecule has 4 nitrogen and oxygen atoms in total. The number of hydrogen-bond acceptors (Lipinski definition) is 3. The number of ether oxygens (including phenoxy) is 1. The third-order valence-electron chi connectivity index (χ3n) is 4.67. The van der Waals surface area contributed by atoms with Crippen LogP contribution in [0.2, 0.25) is 0 Å². The van der Waals surface area contributed by atoms with Gasteiger partial charge in [-0.1, -0.05) is 17.7 Å². The summed E-state index contributed by atoms with van der Waals surface area (Å²) in [5.41, 5.74) is 3.13. The highest BCUT2D eigenvalue weighted by Gasteiger charge is 2.39. The Labute approximate surface area is 144 Å². The van der Waals surface area contributed by atoms with Crippen LogP contribution in [0, 0.1) is 6.92 Å². The minimum absolute atomic E-state index is 0.166. The van der Waals surface area contributed by atoms with Crippen LogP contribution in [0.1, 0.15) is 57.8 Å². The molecule has 1 amide bonds. The number of nitrogens with zero attached hydrogens (tertiary/aromatic N) is 2. The van der Waals surface area contributed by atoms with Crippen LogP contribution >= 0.6 is 0 Å². The number of amides is 1. The topological polar surface area (TPSA) is 42.4 Å². The number of carbonyl (C=O) groups is 1. The number of fused-ring (bicyclic) bond motifs is 2. The van der Waals surface area contributed by atoms with Crippen molar-refractivity contribution in [3.63, 3.8) is 0 Å². The lowest BCUT2D eigenvalue weighted by molar-refractivity contribution is -0.00150. The Bertz CT molecular complexity index is 645. The second-order valence-corrected chi connectivity index (χ2v) is 8.02. The van der Waals surface area contributed by atoms with E-state index in [0.29, 0.717) is 0 Å². The predicted octanol–water partition coefficient (Wildman–Crippen LogP) is 4.42. The summed E-state index contributed by atoms with van der Waals surface area (Å²) in [6.45, 7) is 7.80. The Hall–Kier alpha value is -1.84. The molecule has 0 N–H and O–H groups in total. The first-order valence-corrected chi connectivity index (χ1v) is 8.95. The summed E-state index contributed by atoms with van der Waals surface area (Å²) in [7, 11) is 0. The number of carbonyl (C=O) groups excluding carboxylic acids is 1. The first-order valence-electron chi connectivity index (χ1n) is 8.95. The summed E-state index contributed by atoms with van der Waals surface area (Å²) < 4.78 is 5.63. The van der Waals surface area contributed by atoms with Gasteiger partial charge in [-0.2, -0.15) is 0 Å². The van der Waals surface area contributed by atoms with Gasteiger partial charge in [-0.15, -0.1) is 0 Å². The smallest absolute Gasteiger partial charge is 0.411 e. The van der Waals surface area contributed by atoms with Crippen LogP contribution in [0.3, 0.4) is 0 Å². The molecule has 3 heterocycles. The molecule has 2 atom stereocenters. The maximum Gasteiger partial charge on any atom is 0.411 e. The van der Waals surface area contributed by atoms with E-state index in [9.17, 15) is 4.79 Å². The van der Waals surface area contributed by atoms with E-state index in [1.54, 1.807) is 0 Å². The lowest BCUT2D eigenvalue weighted by Gasteiger charge is -2.45. The van der Waals surface area contributed by atoms with Crippen molar-refractivity contribution in [1.29, 1.82) is 0 Å². The molecule has 1 saturated heterocycles. The first-order chi connectivity index (χ1) is 11.3. The van der Waals surface area contributed by atoms with Gasteiger partial charge in [0.2, 0.25) is 0 Å². The van der Waals surface area contributed by atoms with Crippen molar-refractivity contribution in [2.75, 3.05) is 0 Å². The van der Waals surface area contributed by atoms with E-state index in [1.165, 1.54) is 12.0 Å². The largest absolute Gasteiger partial charge is 0.444 e. The summed E-state index contributed by atoms with van der Waals surface area (Å²) in [5, 5.41) is 0. The molecular formula is C20H28N2O2. The molecule has 2 bridgehead atoms. The van der Waals surface area contributed by atoms with E-state index >= 15 is 0 Å². The van der Waals surface area contributed by atoms with Gasteiger partial charge >= 0.3 is 6.09 Å². The molecule has 24 heavy (non-hydrogen) atoms. The molecule has 4 heteroatoms. The van der Waals surface area contributed by atoms with Crippen molar-refractivity contribution in [2.24, 2.45) is 0 Å². The normalized spacial score (nSPS) is 23.7. The monoisotopic (exact) mass is 328 g/mol. The van der Waals surface area contributed by atoms with Crippen molar-refractivity contribution in [2.45, 2.75) is 77.5 Å². The first kappa shape index (κ1) is 17.0.